The molecule has 0 bridgehead atoms. The first-order chi connectivity index (χ1) is 18.5. The van der Waals surface area contributed by atoms with E-state index in [2.05, 4.69) is 14.9 Å². The van der Waals surface area contributed by atoms with Gasteiger partial charge < -0.3 is 15.1 Å². The maximum Gasteiger partial charge on any atom is 0.253 e. The second-order valence-corrected chi connectivity index (χ2v) is 12.7. The zero-order valence-electron chi connectivity index (χ0n) is 22.6. The van der Waals surface area contributed by atoms with E-state index in [1.54, 1.807) is 30.3 Å². The van der Waals surface area contributed by atoms with Crippen LogP contribution < -0.4 is 14.9 Å². The maximum absolute atomic E-state index is 13.5. The predicted molar refractivity (Wildman–Crippen MR) is 152 cm³/mol. The van der Waals surface area contributed by atoms with E-state index in [-0.39, 0.29) is 22.2 Å². The number of halogens is 1. The number of sulfonamides is 1. The molecule has 0 radical (unpaired) electrons. The van der Waals surface area contributed by atoms with Gasteiger partial charge in [-0.1, -0.05) is 19.1 Å². The number of benzene rings is 3. The molecule has 2 N–H and O–H groups in total. The van der Waals surface area contributed by atoms with E-state index in [4.69, 9.17) is 0 Å². The number of amides is 1. The molecule has 206 valence electrons. The summed E-state index contributed by atoms with van der Waals surface area (Å²) in [5.74, 6) is -0.356. The lowest BCUT2D eigenvalue weighted by atomic mass is 9.85. The summed E-state index contributed by atoms with van der Waals surface area (Å²) in [4.78, 5) is 17.7. The van der Waals surface area contributed by atoms with Crippen LogP contribution in [0.5, 0.6) is 0 Å². The number of carbonyl (C=O) groups is 1. The normalized spacial score (nSPS) is 18.8. The first kappa shape index (κ1) is 27.1. The van der Waals surface area contributed by atoms with Crippen LogP contribution in [0.25, 0.3) is 0 Å². The molecular weight excluding hydrogens is 515 g/mol. The van der Waals surface area contributed by atoms with Crippen molar-refractivity contribution in [3.05, 3.63) is 89.2 Å². The molecule has 2 aliphatic rings. The van der Waals surface area contributed by atoms with E-state index in [0.717, 1.165) is 28.9 Å². The molecule has 0 saturated carbocycles. The molecule has 1 fully saturated rings. The van der Waals surface area contributed by atoms with Crippen LogP contribution in [0.4, 0.5) is 15.8 Å². The van der Waals surface area contributed by atoms with Crippen molar-refractivity contribution in [2.45, 2.75) is 50.1 Å². The topological polar surface area (TPSA) is 81.8 Å². The summed E-state index contributed by atoms with van der Waals surface area (Å²) in [6.45, 7) is 8.49. The molecule has 0 unspecified atom stereocenters. The Balaban J connectivity index is 1.34. The molecule has 1 amide bonds. The van der Waals surface area contributed by atoms with Gasteiger partial charge in [0.2, 0.25) is 10.0 Å². The number of nitrogens with one attached hydrogen (secondary N) is 2. The highest BCUT2D eigenvalue weighted by atomic mass is 32.2. The van der Waals surface area contributed by atoms with Crippen LogP contribution in [0, 0.1) is 5.82 Å². The van der Waals surface area contributed by atoms with Gasteiger partial charge in [0.15, 0.2) is 0 Å². The van der Waals surface area contributed by atoms with E-state index in [0.29, 0.717) is 38.2 Å². The highest BCUT2D eigenvalue weighted by Gasteiger charge is 2.35. The summed E-state index contributed by atoms with van der Waals surface area (Å²) < 4.78 is 42.8. The van der Waals surface area contributed by atoms with Crippen molar-refractivity contribution in [3.63, 3.8) is 0 Å². The van der Waals surface area contributed by atoms with Crippen molar-refractivity contribution < 1.29 is 17.6 Å². The third kappa shape index (κ3) is 5.94. The molecule has 39 heavy (non-hydrogen) atoms. The molecule has 0 spiro atoms. The Labute approximate surface area is 230 Å². The Hall–Kier alpha value is -3.43. The van der Waals surface area contributed by atoms with Crippen LogP contribution in [0.1, 0.15) is 54.7 Å². The van der Waals surface area contributed by atoms with Crippen molar-refractivity contribution in [3.8, 4) is 0 Å². The zero-order chi connectivity index (χ0) is 27.8. The van der Waals surface area contributed by atoms with E-state index in [1.807, 2.05) is 49.9 Å². The Kier molecular flexibility index (Phi) is 7.39. The molecule has 1 saturated heterocycles. The first-order valence-electron chi connectivity index (χ1n) is 13.4. The average molecular weight is 551 g/mol. The zero-order valence-corrected chi connectivity index (χ0v) is 23.4. The first-order valence-corrected chi connectivity index (χ1v) is 14.9. The van der Waals surface area contributed by atoms with Crippen LogP contribution in [-0.4, -0.2) is 50.9 Å². The van der Waals surface area contributed by atoms with Gasteiger partial charge >= 0.3 is 0 Å². The lowest BCUT2D eigenvalue weighted by molar-refractivity contribution is 0.0746. The molecule has 2 aliphatic heterocycles. The number of piperazine rings is 1. The number of nitrogens with zero attached hydrogens (tertiary/aromatic N) is 2. The monoisotopic (exact) mass is 550 g/mol. The standard InChI is InChI=1S/C30H35FN4O3S/c1-4-21-5-12-25(13-6-21)39(37,38)33-28-20-30(2,3)32-27-14-7-22(19-26(27)28)29(36)35-17-15-34(16-18-35)24-10-8-23(31)9-11-24/h5-14,19,28,32-33H,4,15-18,20H2,1-3H3/t28-/m0/s1. The highest BCUT2D eigenvalue weighted by molar-refractivity contribution is 7.89. The molecule has 0 aromatic heterocycles. The van der Waals surface area contributed by atoms with Crippen LogP contribution in [0.2, 0.25) is 0 Å². The summed E-state index contributed by atoms with van der Waals surface area (Å²) in [5, 5.41) is 3.49. The second kappa shape index (κ2) is 10.6. The van der Waals surface area contributed by atoms with E-state index in [9.17, 15) is 17.6 Å². The van der Waals surface area contributed by atoms with Crippen LogP contribution in [-0.2, 0) is 16.4 Å². The minimum Gasteiger partial charge on any atom is -0.380 e. The van der Waals surface area contributed by atoms with Crippen LogP contribution in [0.15, 0.2) is 71.6 Å². The molecule has 2 heterocycles. The predicted octanol–water partition coefficient (Wildman–Crippen LogP) is 4.96. The lowest BCUT2D eigenvalue weighted by Crippen LogP contribution is -2.49. The van der Waals surface area contributed by atoms with Crippen molar-refractivity contribution in [1.82, 2.24) is 9.62 Å². The third-order valence-electron chi connectivity index (χ3n) is 7.56. The number of carbonyl (C=O) groups excluding carboxylic acids is 1. The third-order valence-corrected chi connectivity index (χ3v) is 9.05. The Morgan fingerprint density at radius 3 is 2.31 bits per heavy atom. The molecule has 7 nitrogen and oxygen atoms in total. The van der Waals surface area contributed by atoms with E-state index in [1.165, 1.54) is 12.1 Å². The van der Waals surface area contributed by atoms with Crippen molar-refractivity contribution >= 4 is 27.3 Å². The summed E-state index contributed by atoms with van der Waals surface area (Å²) in [5.41, 5.74) is 3.78. The van der Waals surface area contributed by atoms with Gasteiger partial charge in [-0.25, -0.2) is 17.5 Å². The van der Waals surface area contributed by atoms with Gasteiger partial charge in [-0.2, -0.15) is 0 Å². The van der Waals surface area contributed by atoms with Gasteiger partial charge in [-0.3, -0.25) is 4.79 Å². The summed E-state index contributed by atoms with van der Waals surface area (Å²) >= 11 is 0. The molecule has 3 aromatic carbocycles. The largest absolute Gasteiger partial charge is 0.380 e. The van der Waals surface area contributed by atoms with Crippen molar-refractivity contribution in [2.24, 2.45) is 0 Å². The van der Waals surface area contributed by atoms with Gasteiger partial charge in [0.1, 0.15) is 5.82 Å². The van der Waals surface area contributed by atoms with Crippen LogP contribution >= 0.6 is 0 Å². The number of hydrogen-bond donors (Lipinski definition) is 2. The van der Waals surface area contributed by atoms with E-state index < -0.39 is 16.1 Å². The Bertz CT molecular complexity index is 1450. The number of anilines is 2. The fraction of sp³-hybridized carbons (Fsp3) is 0.367. The van der Waals surface area contributed by atoms with Gasteiger partial charge in [-0.05, 0) is 92.4 Å². The molecule has 5 rings (SSSR count). The quantitative estimate of drug-likeness (QED) is 0.453. The number of fused-ring (bicyclic) bond motifs is 1. The summed E-state index contributed by atoms with van der Waals surface area (Å²) in [6.07, 6.45) is 1.36. The summed E-state index contributed by atoms with van der Waals surface area (Å²) in [7, 11) is -3.77. The van der Waals surface area contributed by atoms with Gasteiger partial charge in [-0.15, -0.1) is 0 Å². The SMILES string of the molecule is CCc1ccc(S(=O)(=O)N[C@H]2CC(C)(C)Nc3ccc(C(=O)N4CCN(c5ccc(F)cc5)CC4)cc32)cc1. The summed E-state index contributed by atoms with van der Waals surface area (Å²) in [6, 6.07) is 18.3. The van der Waals surface area contributed by atoms with Gasteiger partial charge in [0.25, 0.3) is 5.91 Å². The van der Waals surface area contributed by atoms with Crippen molar-refractivity contribution in [2.75, 3.05) is 36.4 Å². The average Bonchev–Trinajstić information content (AvgIpc) is 2.92. The van der Waals surface area contributed by atoms with Gasteiger partial charge in [0.05, 0.1) is 10.9 Å². The number of aryl methyl sites for hydroxylation is 1. The Morgan fingerprint density at radius 1 is 1.00 bits per heavy atom. The lowest BCUT2D eigenvalue weighted by Gasteiger charge is -2.39. The molecule has 1 atom stereocenters. The van der Waals surface area contributed by atoms with Crippen molar-refractivity contribution in [1.29, 1.82) is 0 Å². The number of rotatable bonds is 6. The fourth-order valence-electron chi connectivity index (χ4n) is 5.40. The smallest absolute Gasteiger partial charge is 0.253 e. The highest BCUT2D eigenvalue weighted by Crippen LogP contribution is 2.39. The van der Waals surface area contributed by atoms with E-state index >= 15 is 0 Å². The van der Waals surface area contributed by atoms with Crippen LogP contribution in [0.3, 0.4) is 0 Å². The number of hydrogen-bond acceptors (Lipinski definition) is 5. The molecule has 0 aliphatic carbocycles. The fourth-order valence-corrected chi connectivity index (χ4v) is 6.62. The molecule has 9 heteroatoms. The minimum atomic E-state index is -3.77. The molecular formula is C30H35FN4O3S. The van der Waals surface area contributed by atoms with Gasteiger partial charge in [0, 0.05) is 48.7 Å². The second-order valence-electron chi connectivity index (χ2n) is 10.9. The maximum atomic E-state index is 13.5. The molecule has 3 aromatic rings. The Morgan fingerprint density at radius 2 is 1.67 bits per heavy atom. The minimum absolute atomic E-state index is 0.0850.